The molecule has 1 heterocycles. The molecule has 25 heavy (non-hydrogen) atoms. The van der Waals surface area contributed by atoms with E-state index in [2.05, 4.69) is 32.0 Å². The van der Waals surface area contributed by atoms with E-state index in [0.29, 0.717) is 16.8 Å². The van der Waals surface area contributed by atoms with Gasteiger partial charge in [-0.2, -0.15) is 0 Å². The highest BCUT2D eigenvalue weighted by molar-refractivity contribution is 6.34. The molecule has 3 nitrogen and oxygen atoms in total. The summed E-state index contributed by atoms with van der Waals surface area (Å²) in [4.78, 5) is 26.6. The summed E-state index contributed by atoms with van der Waals surface area (Å²) in [5.41, 5.74) is 5.95. The minimum absolute atomic E-state index is 0.266. The van der Waals surface area contributed by atoms with Crippen LogP contribution in [0.5, 0.6) is 0 Å². The fourth-order valence-corrected chi connectivity index (χ4v) is 3.39. The van der Waals surface area contributed by atoms with E-state index in [9.17, 15) is 9.59 Å². The number of rotatable bonds is 2. The maximum absolute atomic E-state index is 12.7. The fraction of sp³-hybridized carbons (Fsp3) is 0.0909. The van der Waals surface area contributed by atoms with Crippen molar-refractivity contribution in [3.8, 4) is 11.1 Å². The first-order valence-corrected chi connectivity index (χ1v) is 8.21. The number of carbonyl (C=O) groups is 2. The third kappa shape index (κ3) is 2.54. The molecule has 0 saturated carbocycles. The Morgan fingerprint density at radius 2 is 1.24 bits per heavy atom. The van der Waals surface area contributed by atoms with E-state index in [-0.39, 0.29) is 11.8 Å². The van der Waals surface area contributed by atoms with Crippen molar-refractivity contribution >= 4 is 17.5 Å². The highest BCUT2D eigenvalue weighted by atomic mass is 16.2. The van der Waals surface area contributed by atoms with Crippen LogP contribution in [0.2, 0.25) is 0 Å². The fourth-order valence-electron chi connectivity index (χ4n) is 3.39. The van der Waals surface area contributed by atoms with Gasteiger partial charge in [-0.1, -0.05) is 53.6 Å². The van der Waals surface area contributed by atoms with Crippen LogP contribution in [0, 0.1) is 13.8 Å². The Hall–Kier alpha value is -3.20. The third-order valence-corrected chi connectivity index (χ3v) is 4.45. The summed E-state index contributed by atoms with van der Waals surface area (Å²) in [6.45, 7) is 4.12. The first-order valence-electron chi connectivity index (χ1n) is 8.21. The Bertz CT molecular complexity index is 965. The van der Waals surface area contributed by atoms with E-state index >= 15 is 0 Å². The molecule has 0 radical (unpaired) electrons. The number of amides is 2. The third-order valence-electron chi connectivity index (χ3n) is 4.45. The lowest BCUT2D eigenvalue weighted by atomic mass is 10.0. The normalized spacial score (nSPS) is 13.3. The number of aryl methyl sites for hydroxylation is 2. The molecule has 0 bridgehead atoms. The van der Waals surface area contributed by atoms with Crippen molar-refractivity contribution in [2.45, 2.75) is 13.8 Å². The SMILES string of the molecule is Cc1cc(C)cc(-c2cccc(N3C(=O)c4ccccc4C3=O)c2)c1. The number of anilines is 1. The van der Waals surface area contributed by atoms with E-state index in [1.807, 2.05) is 18.2 Å². The van der Waals surface area contributed by atoms with Gasteiger partial charge in [0.15, 0.2) is 0 Å². The van der Waals surface area contributed by atoms with Crippen LogP contribution in [0.15, 0.2) is 66.7 Å². The van der Waals surface area contributed by atoms with Crippen molar-refractivity contribution in [1.29, 1.82) is 0 Å². The molecular formula is C22H17NO2. The predicted molar refractivity (Wildman–Crippen MR) is 98.9 cm³/mol. The molecule has 0 saturated heterocycles. The van der Waals surface area contributed by atoms with Gasteiger partial charge in [0, 0.05) is 0 Å². The first-order chi connectivity index (χ1) is 12.0. The average molecular weight is 327 g/mol. The van der Waals surface area contributed by atoms with Crippen LogP contribution >= 0.6 is 0 Å². The van der Waals surface area contributed by atoms with Gasteiger partial charge in [-0.05, 0) is 49.2 Å². The zero-order chi connectivity index (χ0) is 17.6. The number of imide groups is 1. The van der Waals surface area contributed by atoms with E-state index in [1.165, 1.54) is 16.0 Å². The highest BCUT2D eigenvalue weighted by Gasteiger charge is 2.36. The molecule has 1 aliphatic heterocycles. The minimum atomic E-state index is -0.266. The predicted octanol–water partition coefficient (Wildman–Crippen LogP) is 4.77. The van der Waals surface area contributed by atoms with E-state index < -0.39 is 0 Å². The van der Waals surface area contributed by atoms with E-state index in [1.54, 1.807) is 30.3 Å². The van der Waals surface area contributed by atoms with Crippen LogP contribution in [-0.2, 0) is 0 Å². The molecule has 2 amide bonds. The van der Waals surface area contributed by atoms with Crippen molar-refractivity contribution in [2.24, 2.45) is 0 Å². The number of hydrogen-bond acceptors (Lipinski definition) is 2. The Balaban J connectivity index is 1.78. The topological polar surface area (TPSA) is 37.4 Å². The van der Waals surface area contributed by atoms with Crippen molar-refractivity contribution in [1.82, 2.24) is 0 Å². The lowest BCUT2D eigenvalue weighted by Gasteiger charge is -2.15. The highest BCUT2D eigenvalue weighted by Crippen LogP contribution is 2.31. The Kier molecular flexibility index (Phi) is 3.50. The van der Waals surface area contributed by atoms with Gasteiger partial charge in [-0.3, -0.25) is 9.59 Å². The number of carbonyl (C=O) groups excluding carboxylic acids is 2. The van der Waals surface area contributed by atoms with Crippen molar-refractivity contribution in [3.05, 3.63) is 89.0 Å². The van der Waals surface area contributed by atoms with Crippen molar-refractivity contribution in [2.75, 3.05) is 4.90 Å². The number of fused-ring (bicyclic) bond motifs is 1. The summed E-state index contributed by atoms with van der Waals surface area (Å²) < 4.78 is 0. The number of hydrogen-bond donors (Lipinski definition) is 0. The van der Waals surface area contributed by atoms with Gasteiger partial charge in [-0.25, -0.2) is 4.90 Å². The van der Waals surface area contributed by atoms with Gasteiger partial charge in [0.1, 0.15) is 0 Å². The smallest absolute Gasteiger partial charge is 0.266 e. The lowest BCUT2D eigenvalue weighted by molar-refractivity contribution is 0.0926. The maximum Gasteiger partial charge on any atom is 0.266 e. The maximum atomic E-state index is 12.7. The van der Waals surface area contributed by atoms with Gasteiger partial charge >= 0.3 is 0 Å². The molecule has 0 atom stereocenters. The first kappa shape index (κ1) is 15.3. The molecule has 0 fully saturated rings. The van der Waals surface area contributed by atoms with Crippen molar-refractivity contribution in [3.63, 3.8) is 0 Å². The van der Waals surface area contributed by atoms with Gasteiger partial charge in [0.25, 0.3) is 11.8 Å². The van der Waals surface area contributed by atoms with Crippen molar-refractivity contribution < 1.29 is 9.59 Å². The Labute approximate surface area is 146 Å². The minimum Gasteiger partial charge on any atom is -0.268 e. The zero-order valence-electron chi connectivity index (χ0n) is 14.1. The molecule has 0 N–H and O–H groups in total. The molecule has 3 aromatic carbocycles. The summed E-state index contributed by atoms with van der Waals surface area (Å²) >= 11 is 0. The molecule has 3 aromatic rings. The molecule has 0 aromatic heterocycles. The van der Waals surface area contributed by atoms with Gasteiger partial charge in [0.05, 0.1) is 16.8 Å². The Morgan fingerprint density at radius 1 is 0.640 bits per heavy atom. The second-order valence-electron chi connectivity index (χ2n) is 6.42. The summed E-state index contributed by atoms with van der Waals surface area (Å²) in [6, 6.07) is 20.9. The molecule has 1 aliphatic rings. The number of nitrogens with zero attached hydrogens (tertiary/aromatic N) is 1. The molecule has 0 aliphatic carbocycles. The lowest BCUT2D eigenvalue weighted by Crippen LogP contribution is -2.29. The van der Waals surface area contributed by atoms with Crippen LogP contribution in [-0.4, -0.2) is 11.8 Å². The molecule has 3 heteroatoms. The van der Waals surface area contributed by atoms with E-state index in [0.717, 1.165) is 11.1 Å². The number of benzene rings is 3. The molecular weight excluding hydrogens is 310 g/mol. The largest absolute Gasteiger partial charge is 0.268 e. The standard InChI is InChI=1S/C22H17NO2/c1-14-10-15(2)12-17(11-14)16-6-5-7-18(13-16)23-21(24)19-8-3-4-9-20(19)22(23)25/h3-13H,1-2H3. The molecule has 122 valence electrons. The van der Waals surface area contributed by atoms with Crippen LogP contribution in [0.25, 0.3) is 11.1 Å². The Morgan fingerprint density at radius 3 is 1.84 bits per heavy atom. The van der Waals surface area contributed by atoms with E-state index in [4.69, 9.17) is 0 Å². The summed E-state index contributed by atoms with van der Waals surface area (Å²) in [6.07, 6.45) is 0. The van der Waals surface area contributed by atoms with Gasteiger partial charge in [0.2, 0.25) is 0 Å². The van der Waals surface area contributed by atoms with Gasteiger partial charge < -0.3 is 0 Å². The average Bonchev–Trinajstić information content (AvgIpc) is 2.86. The second-order valence-corrected chi connectivity index (χ2v) is 6.42. The van der Waals surface area contributed by atoms with Crippen LogP contribution < -0.4 is 4.90 Å². The van der Waals surface area contributed by atoms with Crippen LogP contribution in [0.3, 0.4) is 0 Å². The van der Waals surface area contributed by atoms with Crippen LogP contribution in [0.4, 0.5) is 5.69 Å². The summed E-state index contributed by atoms with van der Waals surface area (Å²) in [5.74, 6) is -0.531. The second kappa shape index (κ2) is 5.71. The summed E-state index contributed by atoms with van der Waals surface area (Å²) in [5, 5.41) is 0. The quantitative estimate of drug-likeness (QED) is 0.636. The molecule has 0 spiro atoms. The van der Waals surface area contributed by atoms with Gasteiger partial charge in [-0.15, -0.1) is 0 Å². The monoisotopic (exact) mass is 327 g/mol. The zero-order valence-corrected chi connectivity index (χ0v) is 14.1. The molecule has 4 rings (SSSR count). The molecule has 0 unspecified atom stereocenters. The summed E-state index contributed by atoms with van der Waals surface area (Å²) in [7, 11) is 0. The van der Waals surface area contributed by atoms with Crippen LogP contribution in [0.1, 0.15) is 31.8 Å².